The van der Waals surface area contributed by atoms with Crippen molar-refractivity contribution in [2.45, 2.75) is 40.0 Å². The summed E-state index contributed by atoms with van der Waals surface area (Å²) in [6.45, 7) is 6.75. The number of nitrogens with one attached hydrogen (secondary N) is 2. The molecule has 1 aliphatic rings. The highest BCUT2D eigenvalue weighted by Gasteiger charge is 2.34. The molecule has 5 nitrogen and oxygen atoms in total. The van der Waals surface area contributed by atoms with Crippen molar-refractivity contribution in [2.75, 3.05) is 10.6 Å². The van der Waals surface area contributed by atoms with E-state index in [1.54, 1.807) is 24.3 Å². The third-order valence-electron chi connectivity index (χ3n) is 5.81. The lowest BCUT2D eigenvalue weighted by Gasteiger charge is -2.33. The van der Waals surface area contributed by atoms with Crippen LogP contribution in [0, 0.1) is 11.3 Å². The van der Waals surface area contributed by atoms with Crippen molar-refractivity contribution in [2.24, 2.45) is 11.3 Å². The van der Waals surface area contributed by atoms with Crippen LogP contribution in [0.4, 0.5) is 10.7 Å². The molecule has 2 N–H and O–H groups in total. The largest absolute Gasteiger partial charge is 0.459 e. The Bertz CT molecular complexity index is 1110. The lowest BCUT2D eigenvalue weighted by molar-refractivity contribution is 0.0997. The lowest BCUT2D eigenvalue weighted by Crippen LogP contribution is -2.27. The van der Waals surface area contributed by atoms with Crippen LogP contribution in [-0.2, 0) is 12.8 Å². The number of rotatable bonds is 4. The fraction of sp³-hybridized carbons (Fsp3) is 0.333. The Hall–Kier alpha value is -2.57. The molecule has 0 saturated heterocycles. The van der Waals surface area contributed by atoms with Crippen molar-refractivity contribution < 1.29 is 14.0 Å². The third kappa shape index (κ3) is 4.55. The van der Waals surface area contributed by atoms with E-state index in [-0.39, 0.29) is 23.0 Å². The molecule has 7 heteroatoms. The summed E-state index contributed by atoms with van der Waals surface area (Å²) in [5, 5.41) is 6.82. The summed E-state index contributed by atoms with van der Waals surface area (Å²) < 4.78 is 5.22. The first-order chi connectivity index (χ1) is 14.7. The molecule has 1 aliphatic carbocycles. The molecule has 0 unspecified atom stereocenters. The van der Waals surface area contributed by atoms with Crippen LogP contribution in [0.2, 0.25) is 5.02 Å². The molecular weight excluding hydrogens is 432 g/mol. The van der Waals surface area contributed by atoms with Crippen molar-refractivity contribution in [3.8, 4) is 0 Å². The number of benzene rings is 1. The summed E-state index contributed by atoms with van der Waals surface area (Å²) in [5.41, 5.74) is 2.26. The number of amides is 2. The zero-order valence-electron chi connectivity index (χ0n) is 17.8. The van der Waals surface area contributed by atoms with Crippen molar-refractivity contribution in [3.63, 3.8) is 0 Å². The maximum atomic E-state index is 13.3. The Morgan fingerprint density at radius 1 is 1.10 bits per heavy atom. The van der Waals surface area contributed by atoms with E-state index < -0.39 is 0 Å². The van der Waals surface area contributed by atoms with Gasteiger partial charge in [-0.15, -0.1) is 11.3 Å². The number of para-hydroxylation sites is 1. The first kappa shape index (κ1) is 21.7. The van der Waals surface area contributed by atoms with Gasteiger partial charge in [0.2, 0.25) is 0 Å². The van der Waals surface area contributed by atoms with Gasteiger partial charge in [-0.1, -0.05) is 44.5 Å². The second-order valence-corrected chi connectivity index (χ2v) is 10.4. The fourth-order valence-corrected chi connectivity index (χ4v) is 5.48. The van der Waals surface area contributed by atoms with Gasteiger partial charge in [-0.05, 0) is 60.4 Å². The lowest BCUT2D eigenvalue weighted by atomic mass is 9.72. The van der Waals surface area contributed by atoms with Gasteiger partial charge in [0.1, 0.15) is 5.00 Å². The van der Waals surface area contributed by atoms with E-state index in [1.807, 2.05) is 12.1 Å². The van der Waals surface area contributed by atoms with Gasteiger partial charge in [0.05, 0.1) is 22.5 Å². The van der Waals surface area contributed by atoms with Crippen molar-refractivity contribution in [1.82, 2.24) is 0 Å². The number of hydrogen-bond donors (Lipinski definition) is 2. The second kappa shape index (κ2) is 8.52. The molecule has 0 radical (unpaired) electrons. The molecule has 0 aliphatic heterocycles. The maximum Gasteiger partial charge on any atom is 0.291 e. The molecule has 3 aromatic rings. The topological polar surface area (TPSA) is 71.3 Å². The van der Waals surface area contributed by atoms with E-state index in [4.69, 9.17) is 16.0 Å². The van der Waals surface area contributed by atoms with E-state index in [0.717, 1.165) is 29.7 Å². The van der Waals surface area contributed by atoms with Gasteiger partial charge < -0.3 is 15.1 Å². The van der Waals surface area contributed by atoms with E-state index in [0.29, 0.717) is 27.2 Å². The van der Waals surface area contributed by atoms with Crippen LogP contribution in [0.15, 0.2) is 47.1 Å². The summed E-state index contributed by atoms with van der Waals surface area (Å²) in [7, 11) is 0. The minimum Gasteiger partial charge on any atom is -0.459 e. The van der Waals surface area contributed by atoms with E-state index in [9.17, 15) is 9.59 Å². The molecular formula is C24H25ClN2O3S. The summed E-state index contributed by atoms with van der Waals surface area (Å²) in [6, 6.07) is 10.4. The SMILES string of the molecule is CC(C)(C)[C@@H]1CCc2c(sc(NC(=O)c3ccco3)c2C(=O)Nc2ccccc2Cl)C1. The summed E-state index contributed by atoms with van der Waals surface area (Å²) in [4.78, 5) is 27.1. The summed E-state index contributed by atoms with van der Waals surface area (Å²) >= 11 is 7.72. The molecule has 2 aromatic heterocycles. The number of fused-ring (bicyclic) bond motifs is 1. The number of furan rings is 1. The number of halogens is 1. The van der Waals surface area contributed by atoms with Gasteiger partial charge in [0.15, 0.2) is 5.76 Å². The zero-order chi connectivity index (χ0) is 22.2. The number of carbonyl (C=O) groups is 2. The monoisotopic (exact) mass is 456 g/mol. The summed E-state index contributed by atoms with van der Waals surface area (Å²) in [6.07, 6.45) is 4.15. The standard InChI is InChI=1S/C24H25ClN2O3S/c1-24(2,3)14-10-11-15-19(13-14)31-23(27-21(28)18-9-6-12-30-18)20(15)22(29)26-17-8-5-4-7-16(17)25/h4-9,12,14H,10-11,13H2,1-3H3,(H,26,29)(H,27,28)/t14-/m1/s1. The minimum absolute atomic E-state index is 0.180. The van der Waals surface area contributed by atoms with Crippen molar-refractivity contribution >= 4 is 45.4 Å². The Balaban J connectivity index is 1.69. The molecule has 31 heavy (non-hydrogen) atoms. The van der Waals surface area contributed by atoms with Gasteiger partial charge in [0.25, 0.3) is 11.8 Å². The van der Waals surface area contributed by atoms with Crippen LogP contribution in [0.5, 0.6) is 0 Å². The van der Waals surface area contributed by atoms with Gasteiger partial charge in [0, 0.05) is 4.88 Å². The molecule has 2 heterocycles. The molecule has 0 saturated carbocycles. The van der Waals surface area contributed by atoms with Gasteiger partial charge in [-0.2, -0.15) is 0 Å². The molecule has 0 fully saturated rings. The average molecular weight is 457 g/mol. The Labute approximate surface area is 190 Å². The Kier molecular flexibility index (Phi) is 5.95. The molecule has 1 atom stereocenters. The Morgan fingerprint density at radius 3 is 2.55 bits per heavy atom. The number of hydrogen-bond acceptors (Lipinski definition) is 4. The fourth-order valence-electron chi connectivity index (χ4n) is 3.97. The quantitative estimate of drug-likeness (QED) is 0.461. The van der Waals surface area contributed by atoms with Gasteiger partial charge in [-0.25, -0.2) is 0 Å². The highest BCUT2D eigenvalue weighted by Crippen LogP contribution is 2.44. The average Bonchev–Trinajstić information content (AvgIpc) is 3.36. The summed E-state index contributed by atoms with van der Waals surface area (Å²) in [5.74, 6) is 0.0838. The third-order valence-corrected chi connectivity index (χ3v) is 7.31. The smallest absolute Gasteiger partial charge is 0.291 e. The maximum absolute atomic E-state index is 13.3. The second-order valence-electron chi connectivity index (χ2n) is 8.88. The molecule has 0 spiro atoms. The molecule has 0 bridgehead atoms. The zero-order valence-corrected chi connectivity index (χ0v) is 19.3. The van der Waals surface area contributed by atoms with Crippen molar-refractivity contribution in [1.29, 1.82) is 0 Å². The van der Waals surface area contributed by atoms with Crippen LogP contribution in [0.3, 0.4) is 0 Å². The van der Waals surface area contributed by atoms with E-state index in [1.165, 1.54) is 17.6 Å². The number of thiophene rings is 1. The van der Waals surface area contributed by atoms with Gasteiger partial charge >= 0.3 is 0 Å². The highest BCUT2D eigenvalue weighted by molar-refractivity contribution is 7.17. The molecule has 1 aromatic carbocycles. The first-order valence-corrected chi connectivity index (χ1v) is 11.5. The minimum atomic E-state index is -0.372. The predicted octanol–water partition coefficient (Wildman–Crippen LogP) is 6.65. The number of carbonyl (C=O) groups excluding carboxylic acids is 2. The van der Waals surface area contributed by atoms with Crippen LogP contribution < -0.4 is 10.6 Å². The predicted molar refractivity (Wildman–Crippen MR) is 125 cm³/mol. The molecule has 162 valence electrons. The molecule has 4 rings (SSSR count). The van der Waals surface area contributed by atoms with Crippen LogP contribution >= 0.6 is 22.9 Å². The van der Waals surface area contributed by atoms with Gasteiger partial charge in [-0.3, -0.25) is 9.59 Å². The van der Waals surface area contributed by atoms with E-state index in [2.05, 4.69) is 31.4 Å². The van der Waals surface area contributed by atoms with Crippen molar-refractivity contribution in [3.05, 3.63) is 69.4 Å². The molecule has 2 amide bonds. The van der Waals surface area contributed by atoms with Crippen LogP contribution in [0.1, 0.15) is 58.5 Å². The number of anilines is 2. The highest BCUT2D eigenvalue weighted by atomic mass is 35.5. The Morgan fingerprint density at radius 2 is 1.87 bits per heavy atom. The van der Waals surface area contributed by atoms with Crippen LogP contribution in [-0.4, -0.2) is 11.8 Å². The first-order valence-electron chi connectivity index (χ1n) is 10.3. The van der Waals surface area contributed by atoms with Crippen LogP contribution in [0.25, 0.3) is 0 Å². The van der Waals surface area contributed by atoms with E-state index >= 15 is 0 Å². The normalized spacial score (nSPS) is 15.9.